The molecule has 0 aromatic heterocycles. The monoisotopic (exact) mass is 255 g/mol. The smallest absolute Gasteiger partial charge is 0.126 e. The van der Waals surface area contributed by atoms with E-state index >= 15 is 0 Å². The first-order valence-corrected chi connectivity index (χ1v) is 6.25. The van der Waals surface area contributed by atoms with E-state index in [1.807, 2.05) is 13.8 Å². The van der Waals surface area contributed by atoms with Crippen molar-refractivity contribution in [1.82, 2.24) is 5.32 Å². The molecule has 0 heterocycles. The van der Waals surface area contributed by atoms with Gasteiger partial charge in [0.05, 0.1) is 12.7 Å². The first-order valence-electron chi connectivity index (χ1n) is 6.25. The zero-order chi connectivity index (χ0) is 13.7. The number of halogens is 1. The van der Waals surface area contributed by atoms with Gasteiger partial charge in [-0.2, -0.15) is 0 Å². The van der Waals surface area contributed by atoms with Gasteiger partial charge < -0.3 is 15.5 Å². The van der Waals surface area contributed by atoms with Crippen LogP contribution >= 0.6 is 0 Å². The molecule has 0 saturated heterocycles. The average Bonchev–Trinajstić information content (AvgIpc) is 2.32. The summed E-state index contributed by atoms with van der Waals surface area (Å²) in [7, 11) is 0. The maximum atomic E-state index is 13.2. The van der Waals surface area contributed by atoms with Crippen molar-refractivity contribution >= 4 is 0 Å². The standard InChI is InChI=1S/C14H22FNO2/c1-9(2)13(16-6-7-17)14(18)11-4-5-12(15)10(3)8-11/h4-5,8-9,13-14,16-18H,6-7H2,1-3H3. The zero-order valence-corrected chi connectivity index (χ0v) is 11.2. The molecule has 0 radical (unpaired) electrons. The normalized spacial score (nSPS) is 14.8. The van der Waals surface area contributed by atoms with E-state index in [9.17, 15) is 9.50 Å². The molecule has 18 heavy (non-hydrogen) atoms. The highest BCUT2D eigenvalue weighted by Gasteiger charge is 2.23. The molecular weight excluding hydrogens is 233 g/mol. The van der Waals surface area contributed by atoms with Crippen LogP contribution in [0.2, 0.25) is 0 Å². The van der Waals surface area contributed by atoms with E-state index in [2.05, 4.69) is 5.32 Å². The van der Waals surface area contributed by atoms with Crippen LogP contribution in [0.5, 0.6) is 0 Å². The van der Waals surface area contributed by atoms with Gasteiger partial charge in [0.1, 0.15) is 5.82 Å². The van der Waals surface area contributed by atoms with Gasteiger partial charge in [-0.1, -0.05) is 26.0 Å². The Balaban J connectivity index is 2.87. The fourth-order valence-electron chi connectivity index (χ4n) is 2.00. The number of hydrogen-bond acceptors (Lipinski definition) is 3. The van der Waals surface area contributed by atoms with Gasteiger partial charge >= 0.3 is 0 Å². The predicted molar refractivity (Wildman–Crippen MR) is 69.8 cm³/mol. The van der Waals surface area contributed by atoms with Gasteiger partial charge in [-0.15, -0.1) is 0 Å². The highest BCUT2D eigenvalue weighted by molar-refractivity contribution is 5.26. The third-order valence-corrected chi connectivity index (χ3v) is 3.07. The molecule has 1 rings (SSSR count). The molecule has 1 aromatic rings. The van der Waals surface area contributed by atoms with E-state index in [1.165, 1.54) is 6.07 Å². The van der Waals surface area contributed by atoms with Crippen molar-refractivity contribution in [3.63, 3.8) is 0 Å². The average molecular weight is 255 g/mol. The molecule has 2 atom stereocenters. The number of aliphatic hydroxyl groups excluding tert-OH is 2. The van der Waals surface area contributed by atoms with Crippen molar-refractivity contribution in [3.05, 3.63) is 35.1 Å². The summed E-state index contributed by atoms with van der Waals surface area (Å²) in [5.74, 6) is -0.0627. The van der Waals surface area contributed by atoms with E-state index in [1.54, 1.807) is 19.1 Å². The topological polar surface area (TPSA) is 52.5 Å². The molecule has 0 aliphatic rings. The van der Waals surface area contributed by atoms with Gasteiger partial charge in [-0.3, -0.25) is 0 Å². The summed E-state index contributed by atoms with van der Waals surface area (Å²) in [5, 5.41) is 22.3. The van der Waals surface area contributed by atoms with E-state index < -0.39 is 6.10 Å². The Labute approximate surface area is 108 Å². The third kappa shape index (κ3) is 3.77. The quantitative estimate of drug-likeness (QED) is 0.726. The van der Waals surface area contributed by atoms with Gasteiger partial charge in [0.25, 0.3) is 0 Å². The van der Waals surface area contributed by atoms with Gasteiger partial charge in [-0.25, -0.2) is 4.39 Å². The Kier molecular flexibility index (Phi) is 5.72. The second-order valence-corrected chi connectivity index (χ2v) is 4.90. The van der Waals surface area contributed by atoms with Crippen LogP contribution in [0.25, 0.3) is 0 Å². The summed E-state index contributed by atoms with van der Waals surface area (Å²) < 4.78 is 13.2. The largest absolute Gasteiger partial charge is 0.395 e. The number of hydrogen-bond donors (Lipinski definition) is 3. The number of rotatable bonds is 6. The minimum atomic E-state index is -0.712. The molecule has 0 aliphatic heterocycles. The lowest BCUT2D eigenvalue weighted by molar-refractivity contribution is 0.101. The Morgan fingerprint density at radius 3 is 2.50 bits per heavy atom. The molecule has 0 saturated carbocycles. The van der Waals surface area contributed by atoms with Crippen LogP contribution < -0.4 is 5.32 Å². The Hall–Kier alpha value is -0.970. The molecule has 0 fully saturated rings. The van der Waals surface area contributed by atoms with Gasteiger partial charge in [0.15, 0.2) is 0 Å². The minimum absolute atomic E-state index is 0.0262. The lowest BCUT2D eigenvalue weighted by Crippen LogP contribution is -2.40. The van der Waals surface area contributed by atoms with E-state index in [-0.39, 0.29) is 24.4 Å². The Morgan fingerprint density at radius 1 is 1.33 bits per heavy atom. The van der Waals surface area contributed by atoms with Crippen molar-refractivity contribution in [2.45, 2.75) is 32.9 Å². The predicted octanol–water partition coefficient (Wildman–Crippen LogP) is 1.77. The van der Waals surface area contributed by atoms with Gasteiger partial charge in [0.2, 0.25) is 0 Å². The number of nitrogens with one attached hydrogen (secondary N) is 1. The summed E-state index contributed by atoms with van der Waals surface area (Å²) in [5.41, 5.74) is 1.22. The summed E-state index contributed by atoms with van der Waals surface area (Å²) >= 11 is 0. The molecule has 3 nitrogen and oxygen atoms in total. The fourth-order valence-corrected chi connectivity index (χ4v) is 2.00. The molecule has 4 heteroatoms. The maximum absolute atomic E-state index is 13.2. The van der Waals surface area contributed by atoms with E-state index in [4.69, 9.17) is 5.11 Å². The van der Waals surface area contributed by atoms with Crippen LogP contribution in [0.4, 0.5) is 4.39 Å². The fraction of sp³-hybridized carbons (Fsp3) is 0.571. The minimum Gasteiger partial charge on any atom is -0.395 e. The van der Waals surface area contributed by atoms with Crippen molar-refractivity contribution in [2.75, 3.05) is 13.2 Å². The van der Waals surface area contributed by atoms with Crippen molar-refractivity contribution in [1.29, 1.82) is 0 Å². The highest BCUT2D eigenvalue weighted by Crippen LogP contribution is 2.23. The van der Waals surface area contributed by atoms with Gasteiger partial charge in [0, 0.05) is 12.6 Å². The Morgan fingerprint density at radius 2 is 2.00 bits per heavy atom. The molecule has 0 bridgehead atoms. The summed E-state index contributed by atoms with van der Waals surface area (Å²) in [6.07, 6.45) is -0.712. The first kappa shape index (κ1) is 15.1. The summed E-state index contributed by atoms with van der Waals surface area (Å²) in [6, 6.07) is 4.47. The number of aliphatic hydroxyl groups is 2. The van der Waals surface area contributed by atoms with Crippen molar-refractivity contribution in [3.8, 4) is 0 Å². The SMILES string of the molecule is Cc1cc(C(O)C(NCCO)C(C)C)ccc1F. The van der Waals surface area contributed by atoms with E-state index in [0.29, 0.717) is 17.7 Å². The highest BCUT2D eigenvalue weighted by atomic mass is 19.1. The molecule has 1 aromatic carbocycles. The number of aryl methyl sites for hydroxylation is 1. The molecular formula is C14H22FNO2. The molecule has 102 valence electrons. The molecule has 0 aliphatic carbocycles. The first-order chi connectivity index (χ1) is 8.47. The van der Waals surface area contributed by atoms with Crippen LogP contribution in [0.15, 0.2) is 18.2 Å². The van der Waals surface area contributed by atoms with E-state index in [0.717, 1.165) is 0 Å². The maximum Gasteiger partial charge on any atom is 0.126 e. The van der Waals surface area contributed by atoms with Crippen molar-refractivity contribution in [2.24, 2.45) is 5.92 Å². The molecule has 3 N–H and O–H groups in total. The zero-order valence-electron chi connectivity index (χ0n) is 11.2. The summed E-state index contributed by atoms with van der Waals surface area (Å²) in [6.45, 7) is 6.12. The summed E-state index contributed by atoms with van der Waals surface area (Å²) in [4.78, 5) is 0. The van der Waals surface area contributed by atoms with Crippen LogP contribution in [0.1, 0.15) is 31.1 Å². The van der Waals surface area contributed by atoms with Crippen LogP contribution in [0, 0.1) is 18.7 Å². The second kappa shape index (κ2) is 6.83. The van der Waals surface area contributed by atoms with Gasteiger partial charge in [-0.05, 0) is 30.0 Å². The van der Waals surface area contributed by atoms with Crippen molar-refractivity contribution < 1.29 is 14.6 Å². The molecule has 0 amide bonds. The number of benzene rings is 1. The molecule has 0 spiro atoms. The third-order valence-electron chi connectivity index (χ3n) is 3.07. The van der Waals surface area contributed by atoms with Crippen LogP contribution in [-0.2, 0) is 0 Å². The lowest BCUT2D eigenvalue weighted by Gasteiger charge is -2.28. The lowest BCUT2D eigenvalue weighted by atomic mass is 9.92. The Bertz CT molecular complexity index is 382. The van der Waals surface area contributed by atoms with Crippen LogP contribution in [0.3, 0.4) is 0 Å². The second-order valence-electron chi connectivity index (χ2n) is 4.90. The molecule has 2 unspecified atom stereocenters. The van der Waals surface area contributed by atoms with Crippen LogP contribution in [-0.4, -0.2) is 29.4 Å².